The van der Waals surface area contributed by atoms with E-state index in [0.29, 0.717) is 4.90 Å². The average molecular weight is 184 g/mol. The van der Waals surface area contributed by atoms with Gasteiger partial charge in [0.25, 0.3) is 0 Å². The number of nitrogens with two attached hydrogens (primary N) is 1. The summed E-state index contributed by atoms with van der Waals surface area (Å²) < 4.78 is 10.8. The number of hydrogen-bond donors (Lipinski definition) is 2. The highest BCUT2D eigenvalue weighted by molar-refractivity contribution is 7.89. The average Bonchev–Trinajstić information content (AvgIpc) is 2.06. The Morgan fingerprint density at radius 3 is 2.42 bits per heavy atom. The van der Waals surface area contributed by atoms with Gasteiger partial charge in [-0.3, -0.25) is 0 Å². The van der Waals surface area contributed by atoms with E-state index in [4.69, 9.17) is 5.14 Å². The van der Waals surface area contributed by atoms with Crippen LogP contribution in [0.1, 0.15) is 5.56 Å². The monoisotopic (exact) mass is 184 g/mol. The van der Waals surface area contributed by atoms with Crippen molar-refractivity contribution in [1.82, 2.24) is 5.32 Å². The highest BCUT2D eigenvalue weighted by atomic mass is 32.2. The molecule has 0 spiro atoms. The molecule has 1 aromatic rings. The van der Waals surface area contributed by atoms with Gasteiger partial charge in [-0.2, -0.15) is 0 Å². The van der Waals surface area contributed by atoms with Gasteiger partial charge in [-0.25, -0.2) is 0 Å². The second-order valence-corrected chi connectivity index (χ2v) is 3.54. The van der Waals surface area contributed by atoms with Gasteiger partial charge >= 0.3 is 0 Å². The third-order valence-corrected chi connectivity index (χ3v) is 2.27. The molecule has 0 radical (unpaired) electrons. The summed E-state index contributed by atoms with van der Waals surface area (Å²) >= 11 is -1.36. The first-order valence-electron chi connectivity index (χ1n) is 3.63. The lowest BCUT2D eigenvalue weighted by Gasteiger charge is -2.03. The van der Waals surface area contributed by atoms with Crippen LogP contribution in [0.4, 0.5) is 0 Å². The Labute approximate surface area is 75.3 Å². The number of rotatable bonds is 3. The van der Waals surface area contributed by atoms with Crippen molar-refractivity contribution < 1.29 is 4.55 Å². The van der Waals surface area contributed by atoms with E-state index in [0.717, 1.165) is 12.1 Å². The Hall–Kier alpha value is -0.550. The molecule has 4 heteroatoms. The maximum absolute atomic E-state index is 10.8. The van der Waals surface area contributed by atoms with Crippen LogP contribution in [0.25, 0.3) is 0 Å². The van der Waals surface area contributed by atoms with Crippen molar-refractivity contribution in [3.8, 4) is 0 Å². The van der Waals surface area contributed by atoms with Crippen LogP contribution in [0.5, 0.6) is 0 Å². The lowest BCUT2D eigenvalue weighted by atomic mass is 10.2. The van der Waals surface area contributed by atoms with Gasteiger partial charge in [-0.15, -0.1) is 5.14 Å². The van der Waals surface area contributed by atoms with E-state index >= 15 is 0 Å². The first-order valence-corrected chi connectivity index (χ1v) is 4.85. The molecule has 1 unspecified atom stereocenters. The van der Waals surface area contributed by atoms with Crippen molar-refractivity contribution in [2.45, 2.75) is 11.4 Å². The Bertz CT molecular complexity index is 235. The van der Waals surface area contributed by atoms with Crippen LogP contribution < -0.4 is 10.5 Å². The molecular weight excluding hydrogens is 172 g/mol. The molecule has 1 aromatic carbocycles. The Kier molecular flexibility index (Phi) is 3.55. The molecule has 0 aliphatic rings. The van der Waals surface area contributed by atoms with Crippen LogP contribution >= 0.6 is 0 Å². The molecule has 66 valence electrons. The van der Waals surface area contributed by atoms with Gasteiger partial charge in [-0.1, -0.05) is 12.1 Å². The Morgan fingerprint density at radius 1 is 1.42 bits per heavy atom. The molecule has 0 heterocycles. The molecule has 0 aromatic heterocycles. The van der Waals surface area contributed by atoms with Crippen LogP contribution in [-0.2, 0) is 17.9 Å². The molecule has 3 N–H and O–H groups in total. The third-order valence-electron chi connectivity index (χ3n) is 1.54. The molecule has 1 rings (SSSR count). The lowest BCUT2D eigenvalue weighted by molar-refractivity contribution is 0.596. The van der Waals surface area contributed by atoms with Gasteiger partial charge in [0.1, 0.15) is 0 Å². The lowest BCUT2D eigenvalue weighted by Crippen LogP contribution is -2.12. The minimum absolute atomic E-state index is 0.662. The zero-order valence-electron chi connectivity index (χ0n) is 6.91. The fourth-order valence-corrected chi connectivity index (χ4v) is 1.35. The highest BCUT2D eigenvalue weighted by Crippen LogP contribution is 2.07. The van der Waals surface area contributed by atoms with E-state index in [-0.39, 0.29) is 0 Å². The largest absolute Gasteiger partial charge is 0.593 e. The van der Waals surface area contributed by atoms with Gasteiger partial charge < -0.3 is 9.87 Å². The molecule has 0 bridgehead atoms. The zero-order valence-corrected chi connectivity index (χ0v) is 7.73. The van der Waals surface area contributed by atoms with E-state index in [9.17, 15) is 4.55 Å². The summed E-state index contributed by atoms with van der Waals surface area (Å²) in [5, 5.41) is 8.22. The van der Waals surface area contributed by atoms with Crippen molar-refractivity contribution >= 4 is 11.4 Å². The minimum Gasteiger partial charge on any atom is -0.593 e. The fourth-order valence-electron chi connectivity index (χ4n) is 0.946. The maximum Gasteiger partial charge on any atom is 0.173 e. The second-order valence-electron chi connectivity index (χ2n) is 2.47. The van der Waals surface area contributed by atoms with Gasteiger partial charge in [0, 0.05) is 6.54 Å². The number of nitrogens with one attached hydrogen (secondary N) is 1. The predicted molar refractivity (Wildman–Crippen MR) is 49.8 cm³/mol. The first kappa shape index (κ1) is 9.54. The van der Waals surface area contributed by atoms with Crippen molar-refractivity contribution in [2.24, 2.45) is 5.14 Å². The Balaban J connectivity index is 2.71. The molecular formula is C8H12N2OS. The summed E-state index contributed by atoms with van der Waals surface area (Å²) in [5.41, 5.74) is 1.16. The van der Waals surface area contributed by atoms with E-state index in [1.807, 2.05) is 19.2 Å². The molecule has 1 atom stereocenters. The molecule has 0 aliphatic carbocycles. The summed E-state index contributed by atoms with van der Waals surface area (Å²) in [5.74, 6) is 0. The summed E-state index contributed by atoms with van der Waals surface area (Å²) in [7, 11) is 1.88. The molecule has 12 heavy (non-hydrogen) atoms. The standard InChI is InChI=1S/C8H12N2OS/c1-10-6-7-2-4-8(5-3-7)12(9)11/h2-5,10H,6,9H2,1H3. The predicted octanol–water partition coefficient (Wildman–Crippen LogP) is 0.387. The summed E-state index contributed by atoms with van der Waals surface area (Å²) in [6.45, 7) is 0.817. The minimum atomic E-state index is -1.36. The van der Waals surface area contributed by atoms with Crippen LogP contribution in [0.2, 0.25) is 0 Å². The van der Waals surface area contributed by atoms with Crippen LogP contribution in [0.15, 0.2) is 29.2 Å². The number of hydrogen-bond acceptors (Lipinski definition) is 3. The molecule has 0 amide bonds. The van der Waals surface area contributed by atoms with Crippen LogP contribution in [-0.4, -0.2) is 11.6 Å². The fraction of sp³-hybridized carbons (Fsp3) is 0.250. The quantitative estimate of drug-likeness (QED) is 0.668. The van der Waals surface area contributed by atoms with Crippen LogP contribution in [0.3, 0.4) is 0 Å². The summed E-state index contributed by atoms with van der Waals surface area (Å²) in [4.78, 5) is 0.662. The van der Waals surface area contributed by atoms with Gasteiger partial charge in [-0.05, 0) is 24.7 Å². The molecule has 0 aliphatic heterocycles. The van der Waals surface area contributed by atoms with Gasteiger partial charge in [0.2, 0.25) is 0 Å². The maximum atomic E-state index is 10.8. The van der Waals surface area contributed by atoms with Crippen LogP contribution in [0, 0.1) is 0 Å². The van der Waals surface area contributed by atoms with E-state index in [2.05, 4.69) is 5.32 Å². The van der Waals surface area contributed by atoms with Crippen molar-refractivity contribution in [3.05, 3.63) is 29.8 Å². The highest BCUT2D eigenvalue weighted by Gasteiger charge is 2.03. The molecule has 3 nitrogen and oxygen atoms in total. The van der Waals surface area contributed by atoms with E-state index in [1.165, 1.54) is 0 Å². The SMILES string of the molecule is CNCc1ccc([S+](N)[O-])cc1. The van der Waals surface area contributed by atoms with E-state index in [1.54, 1.807) is 12.1 Å². The van der Waals surface area contributed by atoms with Crippen molar-refractivity contribution in [2.75, 3.05) is 7.05 Å². The van der Waals surface area contributed by atoms with Crippen molar-refractivity contribution in [3.63, 3.8) is 0 Å². The zero-order chi connectivity index (χ0) is 8.97. The first-order chi connectivity index (χ1) is 5.74. The van der Waals surface area contributed by atoms with Gasteiger partial charge in [0.15, 0.2) is 4.90 Å². The van der Waals surface area contributed by atoms with E-state index < -0.39 is 11.4 Å². The molecule has 0 saturated carbocycles. The summed E-state index contributed by atoms with van der Waals surface area (Å²) in [6.07, 6.45) is 0. The molecule has 0 saturated heterocycles. The normalized spacial score (nSPS) is 12.9. The topological polar surface area (TPSA) is 61.1 Å². The van der Waals surface area contributed by atoms with Gasteiger partial charge in [0.05, 0.1) is 11.4 Å². The number of benzene rings is 1. The smallest absolute Gasteiger partial charge is 0.173 e. The third kappa shape index (κ3) is 2.49. The Morgan fingerprint density at radius 2 is 2.00 bits per heavy atom. The summed E-state index contributed by atoms with van der Waals surface area (Å²) in [6, 6.07) is 7.39. The second kappa shape index (κ2) is 4.47. The molecule has 0 fully saturated rings. The van der Waals surface area contributed by atoms with Crippen molar-refractivity contribution in [1.29, 1.82) is 0 Å².